The van der Waals surface area contributed by atoms with Crippen LogP contribution in [0.15, 0.2) is 36.4 Å². The molecule has 0 atom stereocenters. The molecule has 2 aromatic rings. The minimum absolute atomic E-state index is 0.0884. The summed E-state index contributed by atoms with van der Waals surface area (Å²) in [5, 5.41) is 0. The highest BCUT2D eigenvalue weighted by Crippen LogP contribution is 2.19. The SMILES string of the molecule is CCN(C(=O)c1cc(N2CCN(C)CC2)nc(C)n1)c1ccccc1. The lowest BCUT2D eigenvalue weighted by Gasteiger charge is -2.33. The molecule has 6 nitrogen and oxygen atoms in total. The van der Waals surface area contributed by atoms with Crippen molar-refractivity contribution in [1.29, 1.82) is 0 Å². The van der Waals surface area contributed by atoms with Crippen molar-refractivity contribution in [3.8, 4) is 0 Å². The number of anilines is 2. The average Bonchev–Trinajstić information content (AvgIpc) is 2.63. The van der Waals surface area contributed by atoms with E-state index in [-0.39, 0.29) is 5.91 Å². The molecule has 0 saturated carbocycles. The van der Waals surface area contributed by atoms with Crippen LogP contribution in [0.2, 0.25) is 0 Å². The predicted octanol–water partition coefficient (Wildman–Crippen LogP) is 2.20. The van der Waals surface area contributed by atoms with Crippen LogP contribution < -0.4 is 9.80 Å². The number of carbonyl (C=O) groups is 1. The van der Waals surface area contributed by atoms with Crippen LogP contribution in [0.25, 0.3) is 0 Å². The minimum Gasteiger partial charge on any atom is -0.354 e. The summed E-state index contributed by atoms with van der Waals surface area (Å²) in [7, 11) is 2.12. The van der Waals surface area contributed by atoms with Crippen LogP contribution in [-0.4, -0.2) is 60.5 Å². The quantitative estimate of drug-likeness (QED) is 0.855. The standard InChI is InChI=1S/C19H25N5O/c1-4-24(16-8-6-5-7-9-16)19(25)17-14-18(21-15(2)20-17)23-12-10-22(3)11-13-23/h5-9,14H,4,10-13H2,1-3H3. The molecule has 1 fully saturated rings. The lowest BCUT2D eigenvalue weighted by Crippen LogP contribution is -2.45. The molecule has 0 bridgehead atoms. The number of hydrogen-bond donors (Lipinski definition) is 0. The summed E-state index contributed by atoms with van der Waals surface area (Å²) >= 11 is 0. The van der Waals surface area contributed by atoms with Gasteiger partial charge in [-0.25, -0.2) is 9.97 Å². The molecule has 0 radical (unpaired) electrons. The van der Waals surface area contributed by atoms with E-state index in [4.69, 9.17) is 0 Å². The van der Waals surface area contributed by atoms with E-state index in [1.807, 2.05) is 50.2 Å². The van der Waals surface area contributed by atoms with Gasteiger partial charge in [-0.2, -0.15) is 0 Å². The van der Waals surface area contributed by atoms with Gasteiger partial charge in [-0.3, -0.25) is 4.79 Å². The molecule has 1 saturated heterocycles. The van der Waals surface area contributed by atoms with E-state index in [1.165, 1.54) is 0 Å². The Bertz CT molecular complexity index is 726. The van der Waals surface area contributed by atoms with E-state index in [0.717, 1.165) is 37.7 Å². The fourth-order valence-electron chi connectivity index (χ4n) is 3.05. The summed E-state index contributed by atoms with van der Waals surface area (Å²) in [4.78, 5) is 28.2. The van der Waals surface area contributed by atoms with Crippen LogP contribution in [0, 0.1) is 6.92 Å². The van der Waals surface area contributed by atoms with Crippen molar-refractivity contribution in [2.75, 3.05) is 49.6 Å². The Hall–Kier alpha value is -2.47. The number of rotatable bonds is 4. The molecule has 132 valence electrons. The smallest absolute Gasteiger partial charge is 0.277 e. The molecule has 2 heterocycles. The van der Waals surface area contributed by atoms with Crippen LogP contribution in [0.5, 0.6) is 0 Å². The van der Waals surface area contributed by atoms with Gasteiger partial charge >= 0.3 is 0 Å². The van der Waals surface area contributed by atoms with Crippen molar-refractivity contribution >= 4 is 17.4 Å². The maximum atomic E-state index is 13.0. The number of hydrogen-bond acceptors (Lipinski definition) is 5. The second kappa shape index (κ2) is 7.61. The van der Waals surface area contributed by atoms with Gasteiger partial charge in [0.05, 0.1) is 0 Å². The minimum atomic E-state index is -0.0884. The van der Waals surface area contributed by atoms with E-state index in [9.17, 15) is 4.79 Å². The van der Waals surface area contributed by atoms with Crippen molar-refractivity contribution in [2.24, 2.45) is 0 Å². The highest BCUT2D eigenvalue weighted by atomic mass is 16.2. The number of aromatic nitrogens is 2. The van der Waals surface area contributed by atoms with Gasteiger partial charge in [0, 0.05) is 44.5 Å². The van der Waals surface area contributed by atoms with Gasteiger partial charge in [-0.1, -0.05) is 18.2 Å². The molecule has 3 rings (SSSR count). The lowest BCUT2D eigenvalue weighted by molar-refractivity contribution is 0.0983. The number of piperazine rings is 1. The van der Waals surface area contributed by atoms with E-state index < -0.39 is 0 Å². The molecule has 1 aliphatic heterocycles. The Morgan fingerprint density at radius 1 is 1.12 bits per heavy atom. The second-order valence-electron chi connectivity index (χ2n) is 6.33. The van der Waals surface area contributed by atoms with Crippen LogP contribution in [0.3, 0.4) is 0 Å². The zero-order valence-corrected chi connectivity index (χ0v) is 15.1. The van der Waals surface area contributed by atoms with Gasteiger partial charge in [0.2, 0.25) is 0 Å². The highest BCUT2D eigenvalue weighted by molar-refractivity contribution is 6.05. The summed E-state index contributed by atoms with van der Waals surface area (Å²) in [6.07, 6.45) is 0. The maximum Gasteiger partial charge on any atom is 0.277 e. The molecule has 1 aliphatic rings. The number of para-hydroxylation sites is 1. The molecule has 6 heteroatoms. The summed E-state index contributed by atoms with van der Waals surface area (Å²) in [6.45, 7) is 8.23. The first-order valence-electron chi connectivity index (χ1n) is 8.74. The van der Waals surface area contributed by atoms with Crippen molar-refractivity contribution < 1.29 is 4.79 Å². The summed E-state index contributed by atoms with van der Waals surface area (Å²) in [6, 6.07) is 11.5. The summed E-state index contributed by atoms with van der Waals surface area (Å²) < 4.78 is 0. The first-order chi connectivity index (χ1) is 12.1. The van der Waals surface area contributed by atoms with Gasteiger partial charge in [0.25, 0.3) is 5.91 Å². The fourth-order valence-corrected chi connectivity index (χ4v) is 3.05. The Balaban J connectivity index is 1.87. The largest absolute Gasteiger partial charge is 0.354 e. The van der Waals surface area contributed by atoms with E-state index in [1.54, 1.807) is 4.90 Å². The second-order valence-corrected chi connectivity index (χ2v) is 6.33. The van der Waals surface area contributed by atoms with Gasteiger partial charge in [-0.15, -0.1) is 0 Å². The van der Waals surface area contributed by atoms with Crippen LogP contribution in [0.1, 0.15) is 23.2 Å². The monoisotopic (exact) mass is 339 g/mol. The Morgan fingerprint density at radius 3 is 2.44 bits per heavy atom. The van der Waals surface area contributed by atoms with Gasteiger partial charge in [-0.05, 0) is 33.0 Å². The molecule has 0 aliphatic carbocycles. The molecule has 0 N–H and O–H groups in total. The molecule has 25 heavy (non-hydrogen) atoms. The van der Waals surface area contributed by atoms with Crippen LogP contribution >= 0.6 is 0 Å². The van der Waals surface area contributed by atoms with E-state index in [2.05, 4.69) is 26.8 Å². The molecule has 1 amide bonds. The highest BCUT2D eigenvalue weighted by Gasteiger charge is 2.21. The maximum absolute atomic E-state index is 13.0. The Morgan fingerprint density at radius 2 is 1.80 bits per heavy atom. The van der Waals surface area contributed by atoms with E-state index >= 15 is 0 Å². The van der Waals surface area contributed by atoms with Gasteiger partial charge in [0.15, 0.2) is 0 Å². The normalized spacial score (nSPS) is 15.2. The topological polar surface area (TPSA) is 52.6 Å². The Labute approximate surface area is 149 Å². The lowest BCUT2D eigenvalue weighted by atomic mass is 10.2. The van der Waals surface area contributed by atoms with Crippen molar-refractivity contribution in [3.63, 3.8) is 0 Å². The van der Waals surface area contributed by atoms with Crippen molar-refractivity contribution in [3.05, 3.63) is 47.9 Å². The number of likely N-dealkylation sites (N-methyl/N-ethyl adjacent to an activating group) is 1. The van der Waals surface area contributed by atoms with Gasteiger partial charge in [0.1, 0.15) is 17.3 Å². The summed E-state index contributed by atoms with van der Waals surface area (Å²) in [5.74, 6) is 1.38. The van der Waals surface area contributed by atoms with Crippen LogP contribution in [0.4, 0.5) is 11.5 Å². The molecule has 1 aromatic carbocycles. The third-order valence-corrected chi connectivity index (χ3v) is 4.50. The molecular weight excluding hydrogens is 314 g/mol. The number of aryl methyl sites for hydroxylation is 1. The number of carbonyl (C=O) groups excluding carboxylic acids is 1. The number of amides is 1. The molecule has 0 spiro atoms. The third kappa shape index (κ3) is 3.96. The first-order valence-corrected chi connectivity index (χ1v) is 8.74. The van der Waals surface area contributed by atoms with Crippen molar-refractivity contribution in [1.82, 2.24) is 14.9 Å². The zero-order chi connectivity index (χ0) is 17.8. The zero-order valence-electron chi connectivity index (χ0n) is 15.1. The summed E-state index contributed by atoms with van der Waals surface area (Å²) in [5.41, 5.74) is 1.33. The predicted molar refractivity (Wildman–Crippen MR) is 100 cm³/mol. The first kappa shape index (κ1) is 17.4. The van der Waals surface area contributed by atoms with E-state index in [0.29, 0.717) is 18.1 Å². The molecule has 0 unspecified atom stereocenters. The third-order valence-electron chi connectivity index (χ3n) is 4.50. The van der Waals surface area contributed by atoms with Gasteiger partial charge < -0.3 is 14.7 Å². The van der Waals surface area contributed by atoms with Crippen molar-refractivity contribution in [2.45, 2.75) is 13.8 Å². The number of benzene rings is 1. The molecule has 1 aromatic heterocycles. The molecular formula is C19H25N5O. The fraction of sp³-hybridized carbons (Fsp3) is 0.421. The van der Waals surface area contributed by atoms with Crippen LogP contribution in [-0.2, 0) is 0 Å². The Kier molecular flexibility index (Phi) is 5.28. The average molecular weight is 339 g/mol. The number of nitrogens with zero attached hydrogens (tertiary/aromatic N) is 5.